The summed E-state index contributed by atoms with van der Waals surface area (Å²) in [6, 6.07) is 3.86. The fourth-order valence-corrected chi connectivity index (χ4v) is 2.36. The van der Waals surface area contributed by atoms with Crippen LogP contribution in [0.25, 0.3) is 16.9 Å². The van der Waals surface area contributed by atoms with Gasteiger partial charge in [0.05, 0.1) is 28.7 Å². The van der Waals surface area contributed by atoms with E-state index in [9.17, 15) is 18.0 Å². The fourth-order valence-electron chi connectivity index (χ4n) is 2.36. The van der Waals surface area contributed by atoms with Crippen LogP contribution in [0, 0.1) is 18.3 Å². The summed E-state index contributed by atoms with van der Waals surface area (Å²) in [6.45, 7) is 1.45. The van der Waals surface area contributed by atoms with Gasteiger partial charge in [-0.25, -0.2) is 4.52 Å². The van der Waals surface area contributed by atoms with Crippen molar-refractivity contribution in [3.8, 4) is 17.3 Å². The zero-order chi connectivity index (χ0) is 16.8. The van der Waals surface area contributed by atoms with Crippen molar-refractivity contribution in [2.75, 3.05) is 0 Å². The second kappa shape index (κ2) is 4.95. The lowest BCUT2D eigenvalue weighted by molar-refractivity contribution is -0.137. The second-order valence-corrected chi connectivity index (χ2v) is 4.74. The van der Waals surface area contributed by atoms with Crippen LogP contribution in [-0.2, 0) is 6.18 Å². The lowest BCUT2D eigenvalue weighted by Gasteiger charge is -2.13. The van der Waals surface area contributed by atoms with Crippen LogP contribution in [0.15, 0.2) is 29.3 Å². The molecule has 0 saturated heterocycles. The van der Waals surface area contributed by atoms with Crippen molar-refractivity contribution in [2.24, 2.45) is 0 Å². The molecule has 116 valence electrons. The highest BCUT2D eigenvalue weighted by Crippen LogP contribution is 2.35. The molecule has 0 saturated carbocycles. The van der Waals surface area contributed by atoms with Crippen molar-refractivity contribution in [1.82, 2.24) is 19.6 Å². The molecule has 0 unspecified atom stereocenters. The van der Waals surface area contributed by atoms with E-state index in [4.69, 9.17) is 5.26 Å². The minimum absolute atomic E-state index is 0.119. The SMILES string of the molecule is Cc1c(-c2ncccc2C(F)(F)F)c(=O)[nH]c2c(C#N)cnn12. The number of fused-ring (bicyclic) bond motifs is 1. The van der Waals surface area contributed by atoms with Gasteiger partial charge in [0.2, 0.25) is 0 Å². The Morgan fingerprint density at radius 2 is 2.13 bits per heavy atom. The van der Waals surface area contributed by atoms with Gasteiger partial charge >= 0.3 is 6.18 Å². The molecule has 3 heterocycles. The minimum Gasteiger partial charge on any atom is -0.305 e. The summed E-state index contributed by atoms with van der Waals surface area (Å²) in [5, 5.41) is 12.9. The van der Waals surface area contributed by atoms with Crippen LogP contribution in [0.5, 0.6) is 0 Å². The molecule has 6 nitrogen and oxygen atoms in total. The number of hydrogen-bond donors (Lipinski definition) is 1. The topological polar surface area (TPSA) is 86.8 Å². The quantitative estimate of drug-likeness (QED) is 0.745. The summed E-state index contributed by atoms with van der Waals surface area (Å²) >= 11 is 0. The van der Waals surface area contributed by atoms with Gasteiger partial charge in [0.1, 0.15) is 11.6 Å². The van der Waals surface area contributed by atoms with E-state index in [1.165, 1.54) is 23.8 Å². The van der Waals surface area contributed by atoms with Crippen molar-refractivity contribution in [2.45, 2.75) is 13.1 Å². The van der Waals surface area contributed by atoms with Gasteiger partial charge in [0, 0.05) is 6.20 Å². The Balaban J connectivity index is 2.40. The molecule has 1 N–H and O–H groups in total. The monoisotopic (exact) mass is 319 g/mol. The normalized spacial score (nSPS) is 11.6. The Bertz CT molecular complexity index is 1010. The average Bonchev–Trinajstić information content (AvgIpc) is 2.89. The zero-order valence-electron chi connectivity index (χ0n) is 11.6. The van der Waals surface area contributed by atoms with E-state index in [0.29, 0.717) is 0 Å². The van der Waals surface area contributed by atoms with E-state index in [1.807, 2.05) is 6.07 Å². The van der Waals surface area contributed by atoms with Crippen molar-refractivity contribution < 1.29 is 13.2 Å². The van der Waals surface area contributed by atoms with Gasteiger partial charge in [0.15, 0.2) is 5.65 Å². The van der Waals surface area contributed by atoms with Gasteiger partial charge in [-0.2, -0.15) is 23.5 Å². The second-order valence-electron chi connectivity index (χ2n) is 4.74. The smallest absolute Gasteiger partial charge is 0.305 e. The molecule has 0 aromatic carbocycles. The average molecular weight is 319 g/mol. The zero-order valence-corrected chi connectivity index (χ0v) is 11.6. The summed E-state index contributed by atoms with van der Waals surface area (Å²) < 4.78 is 40.7. The molecule has 9 heteroatoms. The van der Waals surface area contributed by atoms with Crippen LogP contribution in [0.3, 0.4) is 0 Å². The maximum absolute atomic E-state index is 13.2. The fraction of sp³-hybridized carbons (Fsp3) is 0.143. The predicted molar refractivity (Wildman–Crippen MR) is 73.5 cm³/mol. The Labute approximate surface area is 126 Å². The molecule has 0 aliphatic rings. The number of rotatable bonds is 1. The number of pyridine rings is 1. The van der Waals surface area contributed by atoms with E-state index in [1.54, 1.807) is 0 Å². The van der Waals surface area contributed by atoms with Crippen LogP contribution in [0.4, 0.5) is 13.2 Å². The highest BCUT2D eigenvalue weighted by atomic mass is 19.4. The Hall–Kier alpha value is -3.15. The largest absolute Gasteiger partial charge is 0.418 e. The van der Waals surface area contributed by atoms with Gasteiger partial charge < -0.3 is 4.98 Å². The highest BCUT2D eigenvalue weighted by Gasteiger charge is 2.35. The number of nitrogens with zero attached hydrogens (tertiary/aromatic N) is 4. The van der Waals surface area contributed by atoms with Crippen LogP contribution < -0.4 is 5.56 Å². The maximum atomic E-state index is 13.2. The van der Waals surface area contributed by atoms with Crippen molar-refractivity contribution in [3.63, 3.8) is 0 Å². The maximum Gasteiger partial charge on any atom is 0.418 e. The predicted octanol–water partition coefficient (Wildman–Crippen LogP) is 2.28. The van der Waals surface area contributed by atoms with E-state index in [-0.39, 0.29) is 22.5 Å². The first-order chi connectivity index (χ1) is 10.8. The Morgan fingerprint density at radius 1 is 1.39 bits per heavy atom. The number of nitrogens with one attached hydrogen (secondary N) is 1. The Morgan fingerprint density at radius 3 is 2.78 bits per heavy atom. The molecule has 3 rings (SSSR count). The number of H-pyrrole nitrogens is 1. The van der Waals surface area contributed by atoms with E-state index in [0.717, 1.165) is 12.1 Å². The van der Waals surface area contributed by atoms with Gasteiger partial charge in [-0.15, -0.1) is 0 Å². The van der Waals surface area contributed by atoms with Gasteiger partial charge in [-0.3, -0.25) is 9.78 Å². The van der Waals surface area contributed by atoms with Crippen molar-refractivity contribution in [1.29, 1.82) is 5.26 Å². The van der Waals surface area contributed by atoms with E-state index in [2.05, 4.69) is 15.1 Å². The minimum atomic E-state index is -4.65. The Kier molecular flexibility index (Phi) is 3.18. The first-order valence-electron chi connectivity index (χ1n) is 6.38. The molecule has 0 spiro atoms. The summed E-state index contributed by atoms with van der Waals surface area (Å²) in [6.07, 6.45) is -2.25. The van der Waals surface area contributed by atoms with Crippen LogP contribution in [0.1, 0.15) is 16.8 Å². The lowest BCUT2D eigenvalue weighted by atomic mass is 10.1. The molecule has 0 radical (unpaired) electrons. The molecular weight excluding hydrogens is 311 g/mol. The lowest BCUT2D eigenvalue weighted by Crippen LogP contribution is -2.19. The molecule has 0 fully saturated rings. The summed E-state index contributed by atoms with van der Waals surface area (Å²) in [4.78, 5) is 18.4. The summed E-state index contributed by atoms with van der Waals surface area (Å²) in [7, 11) is 0. The molecule has 0 atom stereocenters. The third kappa shape index (κ3) is 2.24. The van der Waals surface area contributed by atoms with Crippen LogP contribution >= 0.6 is 0 Å². The van der Waals surface area contributed by atoms with E-state index < -0.39 is 23.0 Å². The van der Waals surface area contributed by atoms with Crippen LogP contribution in [-0.4, -0.2) is 19.6 Å². The number of hydrogen-bond acceptors (Lipinski definition) is 4. The summed E-state index contributed by atoms with van der Waals surface area (Å²) in [5.41, 5.74) is -2.09. The molecule has 0 bridgehead atoms. The first kappa shape index (κ1) is 14.8. The third-order valence-electron chi connectivity index (χ3n) is 3.38. The number of alkyl halides is 3. The van der Waals surface area contributed by atoms with Gasteiger partial charge in [0.25, 0.3) is 5.56 Å². The third-order valence-corrected chi connectivity index (χ3v) is 3.38. The first-order valence-corrected chi connectivity index (χ1v) is 6.38. The number of aromatic amines is 1. The van der Waals surface area contributed by atoms with Gasteiger partial charge in [-0.05, 0) is 19.1 Å². The van der Waals surface area contributed by atoms with Crippen molar-refractivity contribution >= 4 is 5.65 Å². The van der Waals surface area contributed by atoms with Crippen LogP contribution in [0.2, 0.25) is 0 Å². The van der Waals surface area contributed by atoms with E-state index >= 15 is 0 Å². The molecule has 3 aromatic rings. The highest BCUT2D eigenvalue weighted by molar-refractivity contribution is 5.68. The molecular formula is C14H8F3N5O. The number of aromatic nitrogens is 4. The molecule has 3 aromatic heterocycles. The van der Waals surface area contributed by atoms with Gasteiger partial charge in [-0.1, -0.05) is 0 Å². The standard InChI is InChI=1S/C14H8F3N5O/c1-7-10(11-9(14(15,16)17)3-2-4-19-11)13(23)21-12-8(5-18)6-20-22(7)12/h2-4,6H,1H3,(H,21,23). The molecule has 23 heavy (non-hydrogen) atoms. The molecule has 0 amide bonds. The summed E-state index contributed by atoms with van der Waals surface area (Å²) in [5.74, 6) is 0. The molecule has 0 aliphatic heterocycles. The number of nitriles is 1. The number of halogens is 3. The van der Waals surface area contributed by atoms with Crippen molar-refractivity contribution in [3.05, 3.63) is 51.7 Å². The number of aryl methyl sites for hydroxylation is 1. The molecule has 0 aliphatic carbocycles.